The van der Waals surface area contributed by atoms with Crippen LogP contribution in [-0.4, -0.2) is 45.1 Å². The van der Waals surface area contributed by atoms with Gasteiger partial charge in [0.05, 0.1) is 18.8 Å². The number of methoxy groups -OCH3 is 1. The Labute approximate surface area is 196 Å². The van der Waals surface area contributed by atoms with Gasteiger partial charge in [-0.1, -0.05) is 12.1 Å². The Morgan fingerprint density at radius 1 is 1.24 bits per heavy atom. The standard InChI is InChI=1S/C26H35N5O2/c1-17(2)27-26(32)13-12-22-18(3)28-25-15-23(29-31(25)19(22)4)24-7-6-14-30(24)16-20-8-10-21(33-5)11-9-20/h8-11,15,17,24H,6-7,12-14,16H2,1-5H3,(H,27,32). The lowest BCUT2D eigenvalue weighted by atomic mass is 10.1. The number of benzene rings is 1. The number of rotatable bonds is 8. The molecular weight excluding hydrogens is 414 g/mol. The van der Waals surface area contributed by atoms with E-state index in [1.54, 1.807) is 7.11 Å². The molecule has 1 fully saturated rings. The smallest absolute Gasteiger partial charge is 0.220 e. The molecule has 1 N–H and O–H groups in total. The van der Waals surface area contributed by atoms with Crippen molar-refractivity contribution in [1.82, 2.24) is 24.8 Å². The van der Waals surface area contributed by atoms with Crippen LogP contribution in [0.25, 0.3) is 5.65 Å². The summed E-state index contributed by atoms with van der Waals surface area (Å²) in [7, 11) is 1.69. The average molecular weight is 450 g/mol. The molecule has 0 aliphatic carbocycles. The van der Waals surface area contributed by atoms with E-state index in [0.717, 1.165) is 60.0 Å². The predicted molar refractivity (Wildman–Crippen MR) is 129 cm³/mol. The quantitative estimate of drug-likeness (QED) is 0.559. The van der Waals surface area contributed by atoms with E-state index < -0.39 is 0 Å². The van der Waals surface area contributed by atoms with Crippen molar-refractivity contribution >= 4 is 11.6 Å². The minimum Gasteiger partial charge on any atom is -0.497 e. The minimum absolute atomic E-state index is 0.0742. The Kier molecular flexibility index (Phi) is 6.98. The van der Waals surface area contributed by atoms with Crippen molar-refractivity contribution in [3.05, 3.63) is 58.5 Å². The molecule has 0 spiro atoms. The second-order valence-corrected chi connectivity index (χ2v) is 9.30. The van der Waals surface area contributed by atoms with E-state index in [1.807, 2.05) is 37.4 Å². The van der Waals surface area contributed by atoms with E-state index in [2.05, 4.69) is 35.3 Å². The number of nitrogens with one attached hydrogen (secondary N) is 1. The van der Waals surface area contributed by atoms with Crippen molar-refractivity contribution in [2.75, 3.05) is 13.7 Å². The van der Waals surface area contributed by atoms with E-state index in [0.29, 0.717) is 12.8 Å². The molecule has 1 atom stereocenters. The first kappa shape index (κ1) is 23.2. The highest BCUT2D eigenvalue weighted by molar-refractivity contribution is 5.76. The number of amides is 1. The Bertz CT molecular complexity index is 1120. The fourth-order valence-corrected chi connectivity index (χ4v) is 4.82. The van der Waals surface area contributed by atoms with Gasteiger partial charge in [0.25, 0.3) is 0 Å². The molecule has 1 unspecified atom stereocenters. The van der Waals surface area contributed by atoms with Crippen LogP contribution in [0.4, 0.5) is 0 Å². The third kappa shape index (κ3) is 5.19. The Balaban J connectivity index is 1.54. The van der Waals surface area contributed by atoms with E-state index in [1.165, 1.54) is 5.56 Å². The molecule has 1 aliphatic rings. The average Bonchev–Trinajstić information content (AvgIpc) is 3.40. The highest BCUT2D eigenvalue weighted by atomic mass is 16.5. The van der Waals surface area contributed by atoms with Crippen molar-refractivity contribution in [2.45, 2.75) is 72.0 Å². The normalized spacial score (nSPS) is 16.6. The Morgan fingerprint density at radius 2 is 2.00 bits per heavy atom. The lowest BCUT2D eigenvalue weighted by Gasteiger charge is -2.23. The summed E-state index contributed by atoms with van der Waals surface area (Å²) in [6, 6.07) is 10.9. The number of hydrogen-bond donors (Lipinski definition) is 1. The largest absolute Gasteiger partial charge is 0.497 e. The zero-order valence-corrected chi connectivity index (χ0v) is 20.4. The van der Waals surface area contributed by atoms with Crippen molar-refractivity contribution < 1.29 is 9.53 Å². The van der Waals surface area contributed by atoms with Gasteiger partial charge >= 0.3 is 0 Å². The molecule has 0 radical (unpaired) electrons. The van der Waals surface area contributed by atoms with Gasteiger partial charge in [0.15, 0.2) is 5.65 Å². The minimum atomic E-state index is 0.0742. The van der Waals surface area contributed by atoms with Crippen LogP contribution < -0.4 is 10.1 Å². The van der Waals surface area contributed by atoms with Crippen molar-refractivity contribution in [1.29, 1.82) is 0 Å². The summed E-state index contributed by atoms with van der Waals surface area (Å²) in [5, 5.41) is 7.95. The number of aryl methyl sites for hydroxylation is 2. The molecule has 1 saturated heterocycles. The van der Waals surface area contributed by atoms with Crippen molar-refractivity contribution in [3.63, 3.8) is 0 Å². The molecule has 2 aromatic heterocycles. The number of nitrogens with zero attached hydrogens (tertiary/aromatic N) is 4. The number of carbonyl (C=O) groups is 1. The molecule has 1 amide bonds. The van der Waals surface area contributed by atoms with Gasteiger partial charge < -0.3 is 10.1 Å². The number of aromatic nitrogens is 3. The lowest BCUT2D eigenvalue weighted by molar-refractivity contribution is -0.121. The predicted octanol–water partition coefficient (Wildman–Crippen LogP) is 4.15. The first-order chi connectivity index (χ1) is 15.9. The maximum atomic E-state index is 12.1. The number of fused-ring (bicyclic) bond motifs is 1. The second-order valence-electron chi connectivity index (χ2n) is 9.30. The number of hydrogen-bond acceptors (Lipinski definition) is 5. The van der Waals surface area contributed by atoms with Gasteiger partial charge in [0.2, 0.25) is 5.91 Å². The number of ether oxygens (including phenoxy) is 1. The molecule has 0 saturated carbocycles. The first-order valence-electron chi connectivity index (χ1n) is 11.9. The van der Waals surface area contributed by atoms with Crippen LogP contribution in [0, 0.1) is 13.8 Å². The molecule has 1 aliphatic heterocycles. The fourth-order valence-electron chi connectivity index (χ4n) is 4.82. The molecular formula is C26H35N5O2. The molecule has 176 valence electrons. The maximum absolute atomic E-state index is 12.1. The van der Waals surface area contributed by atoms with Gasteiger partial charge in [-0.25, -0.2) is 9.50 Å². The Morgan fingerprint density at radius 3 is 2.70 bits per heavy atom. The third-order valence-corrected chi connectivity index (χ3v) is 6.48. The van der Waals surface area contributed by atoms with E-state index in [9.17, 15) is 4.79 Å². The summed E-state index contributed by atoms with van der Waals surface area (Å²) >= 11 is 0. The lowest BCUT2D eigenvalue weighted by Crippen LogP contribution is -2.30. The van der Waals surface area contributed by atoms with Gasteiger partial charge in [-0.05, 0) is 76.8 Å². The zero-order valence-electron chi connectivity index (χ0n) is 20.4. The van der Waals surface area contributed by atoms with E-state index in [-0.39, 0.29) is 18.0 Å². The fraction of sp³-hybridized carbons (Fsp3) is 0.500. The van der Waals surface area contributed by atoms with Gasteiger partial charge in [-0.15, -0.1) is 0 Å². The van der Waals surface area contributed by atoms with Crippen LogP contribution in [0.2, 0.25) is 0 Å². The highest BCUT2D eigenvalue weighted by Gasteiger charge is 2.29. The summed E-state index contributed by atoms with van der Waals surface area (Å²) in [5.41, 5.74) is 6.39. The van der Waals surface area contributed by atoms with Crippen LogP contribution in [0.5, 0.6) is 5.75 Å². The number of carbonyl (C=O) groups excluding carboxylic acids is 1. The van der Waals surface area contributed by atoms with Gasteiger partial charge in [0.1, 0.15) is 5.75 Å². The van der Waals surface area contributed by atoms with Crippen LogP contribution in [0.3, 0.4) is 0 Å². The monoisotopic (exact) mass is 449 g/mol. The second kappa shape index (κ2) is 9.91. The SMILES string of the molecule is COc1ccc(CN2CCCC2c2cc3nc(C)c(CCC(=O)NC(C)C)c(C)n3n2)cc1. The summed E-state index contributed by atoms with van der Waals surface area (Å²) in [4.78, 5) is 19.5. The van der Waals surface area contributed by atoms with Crippen LogP contribution in [-0.2, 0) is 17.8 Å². The summed E-state index contributed by atoms with van der Waals surface area (Å²) in [6.07, 6.45) is 3.39. The van der Waals surface area contributed by atoms with Gasteiger partial charge in [-0.3, -0.25) is 9.69 Å². The topological polar surface area (TPSA) is 71.8 Å². The Hall–Kier alpha value is -2.93. The van der Waals surface area contributed by atoms with Gasteiger partial charge in [-0.2, -0.15) is 5.10 Å². The molecule has 7 heteroatoms. The molecule has 7 nitrogen and oxygen atoms in total. The van der Waals surface area contributed by atoms with Crippen LogP contribution in [0.15, 0.2) is 30.3 Å². The van der Waals surface area contributed by atoms with E-state index >= 15 is 0 Å². The van der Waals surface area contributed by atoms with Crippen LogP contribution >= 0.6 is 0 Å². The third-order valence-electron chi connectivity index (χ3n) is 6.48. The zero-order chi connectivity index (χ0) is 23.5. The summed E-state index contributed by atoms with van der Waals surface area (Å²) in [6.45, 7) is 10.0. The van der Waals surface area contributed by atoms with E-state index in [4.69, 9.17) is 14.8 Å². The maximum Gasteiger partial charge on any atom is 0.220 e. The van der Waals surface area contributed by atoms with Gasteiger partial charge in [0, 0.05) is 36.5 Å². The molecule has 0 bridgehead atoms. The molecule has 3 heterocycles. The summed E-state index contributed by atoms with van der Waals surface area (Å²) in [5.74, 6) is 0.955. The molecule has 4 rings (SSSR count). The number of likely N-dealkylation sites (tertiary alicyclic amines) is 1. The summed E-state index contributed by atoms with van der Waals surface area (Å²) < 4.78 is 7.25. The highest BCUT2D eigenvalue weighted by Crippen LogP contribution is 2.33. The van der Waals surface area contributed by atoms with Crippen molar-refractivity contribution in [3.8, 4) is 5.75 Å². The molecule has 1 aromatic carbocycles. The molecule has 33 heavy (non-hydrogen) atoms. The van der Waals surface area contributed by atoms with Crippen molar-refractivity contribution in [2.24, 2.45) is 0 Å². The first-order valence-corrected chi connectivity index (χ1v) is 11.9. The molecule has 3 aromatic rings. The van der Waals surface area contributed by atoms with Crippen LogP contribution in [0.1, 0.15) is 67.4 Å².